The number of thiophene rings is 2. The largest absolute Gasteiger partial charge is 0.392 e. The summed E-state index contributed by atoms with van der Waals surface area (Å²) in [6.45, 7) is 11.7. The molecule has 4 nitrogen and oxygen atoms in total. The van der Waals surface area contributed by atoms with Gasteiger partial charge in [0.05, 0.1) is 29.6 Å². The molecule has 0 aliphatic heterocycles. The molecule has 1 N–H and O–H groups in total. The van der Waals surface area contributed by atoms with Gasteiger partial charge in [-0.15, -0.1) is 22.7 Å². The summed E-state index contributed by atoms with van der Waals surface area (Å²) in [6, 6.07) is 69.3. The molecule has 8 aromatic carbocycles. The molecule has 328 valence electrons. The van der Waals surface area contributed by atoms with Gasteiger partial charge < -0.3 is 19.6 Å². The van der Waals surface area contributed by atoms with Crippen molar-refractivity contribution in [3.05, 3.63) is 239 Å². The maximum absolute atomic E-state index is 9.85. The highest BCUT2D eigenvalue weighted by Gasteiger charge is 2.26. The molecule has 2 heterocycles. The van der Waals surface area contributed by atoms with E-state index in [1.165, 1.54) is 69.7 Å². The molecule has 0 unspecified atom stereocenters. The summed E-state index contributed by atoms with van der Waals surface area (Å²) >= 11 is 3.68. The molecule has 0 fully saturated rings. The van der Waals surface area contributed by atoms with Gasteiger partial charge in [0.15, 0.2) is 0 Å². The Bertz CT molecular complexity index is 3150. The summed E-state index contributed by atoms with van der Waals surface area (Å²) in [7, 11) is 0. The first-order valence-corrected chi connectivity index (χ1v) is 24.1. The molecule has 0 radical (unpaired) electrons. The Balaban J connectivity index is 0.000000621. The van der Waals surface area contributed by atoms with Crippen LogP contribution in [0.5, 0.6) is 0 Å². The van der Waals surface area contributed by atoms with E-state index < -0.39 is 0 Å². The Morgan fingerprint density at radius 2 is 0.621 bits per heavy atom. The van der Waals surface area contributed by atoms with Crippen LogP contribution >= 0.6 is 22.7 Å². The molecule has 0 saturated carbocycles. The van der Waals surface area contributed by atoms with E-state index in [1.807, 2.05) is 34.8 Å². The number of aliphatic hydroxyl groups is 1. The third-order valence-electron chi connectivity index (χ3n) is 11.8. The van der Waals surface area contributed by atoms with Crippen LogP contribution in [0.1, 0.15) is 44.5 Å². The van der Waals surface area contributed by atoms with Crippen LogP contribution in [0.2, 0.25) is 0 Å². The van der Waals surface area contributed by atoms with Crippen molar-refractivity contribution in [3.63, 3.8) is 0 Å². The molecule has 0 bridgehead atoms. The average Bonchev–Trinajstić information content (AvgIpc) is 3.91. The van der Waals surface area contributed by atoms with Gasteiger partial charge in [-0.05, 0) is 99.8 Å². The van der Waals surface area contributed by atoms with Crippen LogP contribution in [0, 0.1) is 34.6 Å². The van der Waals surface area contributed by atoms with Crippen LogP contribution in [-0.2, 0) is 24.6 Å². The Kier molecular flexibility index (Phi) is 13.6. The summed E-state index contributed by atoms with van der Waals surface area (Å²) in [5.74, 6) is 0. The first-order valence-electron chi connectivity index (χ1n) is 22.4. The number of nitrogens with zero attached hydrogens (tertiary/aromatic N) is 2. The minimum atomic E-state index is 0.0113. The van der Waals surface area contributed by atoms with Crippen molar-refractivity contribution in [2.24, 2.45) is 0 Å². The van der Waals surface area contributed by atoms with Crippen LogP contribution in [-0.4, -0.2) is 5.11 Å². The smallest absolute Gasteiger partial charge is 0.109 e. The maximum atomic E-state index is 9.85. The van der Waals surface area contributed by atoms with E-state index in [0.717, 1.165) is 38.9 Å². The second-order valence-electron chi connectivity index (χ2n) is 17.0. The fourth-order valence-electron chi connectivity index (χ4n) is 8.07. The molecule has 2 aromatic heterocycles. The number of benzene rings is 8. The number of hydrogen-bond donors (Lipinski definition) is 1. The minimum absolute atomic E-state index is 0.0113. The SMILES string of the molecule is Cc1ccc(C)cc1.Cc1ccc(COCc2ccc(N(c3ccc(C)cc3)c3sc(-c4sc(N(c5ccc(C)cc5)c5ccc(CO)cc5)c5ccccc45)c4ccccc34)cc2)cc1. The van der Waals surface area contributed by atoms with Gasteiger partial charge in [-0.1, -0.05) is 173 Å². The highest BCUT2D eigenvalue weighted by molar-refractivity contribution is 7.28. The second kappa shape index (κ2) is 20.2. The van der Waals surface area contributed by atoms with Crippen LogP contribution in [0.25, 0.3) is 31.3 Å². The first-order chi connectivity index (χ1) is 32.2. The third-order valence-corrected chi connectivity index (χ3v) is 14.4. The van der Waals surface area contributed by atoms with E-state index >= 15 is 0 Å². The number of ether oxygens (including phenoxy) is 1. The molecule has 0 spiro atoms. The van der Waals surface area contributed by atoms with Crippen LogP contribution in [0.4, 0.5) is 32.8 Å². The number of fused-ring (bicyclic) bond motifs is 2. The Morgan fingerprint density at radius 3 is 0.970 bits per heavy atom. The van der Waals surface area contributed by atoms with Crippen molar-refractivity contribution in [1.29, 1.82) is 0 Å². The summed E-state index contributed by atoms with van der Waals surface area (Å²) in [6.07, 6.45) is 0. The fraction of sp³-hybridized carbons (Fsp3) is 0.133. The van der Waals surface area contributed by atoms with Gasteiger partial charge in [0.25, 0.3) is 0 Å². The molecule has 10 rings (SSSR count). The number of anilines is 6. The Labute approximate surface area is 397 Å². The van der Waals surface area contributed by atoms with Gasteiger partial charge >= 0.3 is 0 Å². The average molecular weight is 899 g/mol. The number of rotatable bonds is 12. The van der Waals surface area contributed by atoms with E-state index in [2.05, 4.69) is 226 Å². The molecular formula is C60H54N2O2S2. The van der Waals surface area contributed by atoms with Crippen molar-refractivity contribution in [2.45, 2.75) is 54.4 Å². The lowest BCUT2D eigenvalue weighted by Gasteiger charge is -2.25. The number of aryl methyl sites for hydroxylation is 5. The van der Waals surface area contributed by atoms with Gasteiger partial charge in [0.1, 0.15) is 10.0 Å². The van der Waals surface area contributed by atoms with E-state index in [9.17, 15) is 5.11 Å². The lowest BCUT2D eigenvalue weighted by Crippen LogP contribution is -2.09. The van der Waals surface area contributed by atoms with Crippen LogP contribution in [0.3, 0.4) is 0 Å². The molecule has 0 atom stereocenters. The highest BCUT2D eigenvalue weighted by atomic mass is 32.1. The summed E-state index contributed by atoms with van der Waals surface area (Å²) in [4.78, 5) is 7.26. The molecular weight excluding hydrogens is 845 g/mol. The predicted octanol–water partition coefficient (Wildman–Crippen LogP) is 17.2. The zero-order valence-electron chi connectivity index (χ0n) is 38.2. The van der Waals surface area contributed by atoms with Crippen molar-refractivity contribution < 1.29 is 9.84 Å². The molecule has 66 heavy (non-hydrogen) atoms. The standard InChI is InChI=1S/C52H44N2O2S2.C8H10/c1-35-12-18-39(19-13-35)33-56-34-40-22-30-44(31-23-40)54(42-26-16-37(3)17-27-42)52-48-11-7-5-9-46(48)50(58-52)49-45-8-4-6-10-47(45)51(57-49)53(41-24-14-36(2)15-25-41)43-28-20-38(32-55)21-29-43;1-7-3-5-8(2)6-4-7/h4-31,55H,32-34H2,1-3H3;3-6H,1-2H3. The zero-order chi connectivity index (χ0) is 45.6. The third kappa shape index (κ3) is 9.88. The second-order valence-corrected chi connectivity index (χ2v) is 19.0. The van der Waals surface area contributed by atoms with E-state index in [-0.39, 0.29) is 6.61 Å². The maximum Gasteiger partial charge on any atom is 0.109 e. The Morgan fingerprint density at radius 1 is 0.348 bits per heavy atom. The van der Waals surface area contributed by atoms with Gasteiger partial charge in [-0.2, -0.15) is 0 Å². The summed E-state index contributed by atoms with van der Waals surface area (Å²) < 4.78 is 6.14. The van der Waals surface area contributed by atoms with E-state index in [0.29, 0.717) is 13.2 Å². The monoisotopic (exact) mass is 898 g/mol. The molecule has 0 aliphatic carbocycles. The molecule has 0 saturated heterocycles. The van der Waals surface area contributed by atoms with Gasteiger partial charge in [-0.25, -0.2) is 0 Å². The molecule has 0 amide bonds. The van der Waals surface area contributed by atoms with Gasteiger partial charge in [0.2, 0.25) is 0 Å². The van der Waals surface area contributed by atoms with E-state index in [1.54, 1.807) is 0 Å². The van der Waals surface area contributed by atoms with Crippen LogP contribution in [0.15, 0.2) is 194 Å². The van der Waals surface area contributed by atoms with Gasteiger partial charge in [0, 0.05) is 44.3 Å². The number of aliphatic hydroxyl groups excluding tert-OH is 1. The molecule has 10 aromatic rings. The molecule has 0 aliphatic rings. The molecule has 6 heteroatoms. The first kappa shape index (κ1) is 44.4. The van der Waals surface area contributed by atoms with Gasteiger partial charge in [-0.3, -0.25) is 0 Å². The van der Waals surface area contributed by atoms with Crippen LogP contribution < -0.4 is 9.80 Å². The number of hydrogen-bond acceptors (Lipinski definition) is 6. The topological polar surface area (TPSA) is 35.9 Å². The fourth-order valence-corrected chi connectivity index (χ4v) is 10.9. The van der Waals surface area contributed by atoms with Crippen molar-refractivity contribution in [2.75, 3.05) is 9.80 Å². The minimum Gasteiger partial charge on any atom is -0.392 e. The zero-order valence-corrected chi connectivity index (χ0v) is 39.8. The lowest BCUT2D eigenvalue weighted by atomic mass is 10.1. The highest BCUT2D eigenvalue weighted by Crippen LogP contribution is 2.55. The lowest BCUT2D eigenvalue weighted by molar-refractivity contribution is 0.107. The Hall–Kier alpha value is -6.80. The quantitative estimate of drug-likeness (QED) is 0.133. The normalized spacial score (nSPS) is 11.1. The van der Waals surface area contributed by atoms with E-state index in [4.69, 9.17) is 4.74 Å². The van der Waals surface area contributed by atoms with Crippen molar-refractivity contribution in [1.82, 2.24) is 0 Å². The van der Waals surface area contributed by atoms with Crippen molar-refractivity contribution >= 4 is 77.0 Å². The summed E-state index contributed by atoms with van der Waals surface area (Å²) in [5, 5.41) is 17.0. The summed E-state index contributed by atoms with van der Waals surface area (Å²) in [5.41, 5.74) is 13.9. The van der Waals surface area contributed by atoms with Crippen molar-refractivity contribution in [3.8, 4) is 9.75 Å². The predicted molar refractivity (Wildman–Crippen MR) is 283 cm³/mol.